The molecule has 14 heavy (non-hydrogen) atoms. The van der Waals surface area contributed by atoms with Crippen molar-refractivity contribution >= 4 is 0 Å². The highest BCUT2D eigenvalue weighted by Gasteiger charge is 2.16. The van der Waals surface area contributed by atoms with Gasteiger partial charge in [0.2, 0.25) is 0 Å². The Morgan fingerprint density at radius 2 is 1.86 bits per heavy atom. The van der Waals surface area contributed by atoms with Crippen LogP contribution < -0.4 is 0 Å². The van der Waals surface area contributed by atoms with Gasteiger partial charge in [0.15, 0.2) is 11.6 Å². The minimum Gasteiger partial charge on any atom is -0.396 e. The first-order valence-corrected chi connectivity index (χ1v) is 4.62. The van der Waals surface area contributed by atoms with Gasteiger partial charge in [-0.05, 0) is 23.6 Å². The zero-order valence-electron chi connectivity index (χ0n) is 8.30. The van der Waals surface area contributed by atoms with E-state index >= 15 is 0 Å². The minimum atomic E-state index is -0.860. The summed E-state index contributed by atoms with van der Waals surface area (Å²) < 4.78 is 25.5. The zero-order valence-corrected chi connectivity index (χ0v) is 8.30. The molecule has 0 saturated carbocycles. The van der Waals surface area contributed by atoms with E-state index in [-0.39, 0.29) is 18.4 Å². The van der Waals surface area contributed by atoms with Gasteiger partial charge in [-0.3, -0.25) is 0 Å². The van der Waals surface area contributed by atoms with Gasteiger partial charge in [-0.15, -0.1) is 0 Å². The summed E-state index contributed by atoms with van der Waals surface area (Å²) in [7, 11) is 0. The van der Waals surface area contributed by atoms with E-state index in [9.17, 15) is 8.78 Å². The van der Waals surface area contributed by atoms with Gasteiger partial charge in [0.05, 0.1) is 6.61 Å². The molecule has 1 N–H and O–H groups in total. The fourth-order valence-corrected chi connectivity index (χ4v) is 1.44. The molecular weight excluding hydrogens is 186 g/mol. The van der Waals surface area contributed by atoms with E-state index in [1.165, 1.54) is 6.07 Å². The molecule has 1 atom stereocenters. The summed E-state index contributed by atoms with van der Waals surface area (Å²) in [5, 5.41) is 9.09. The highest BCUT2D eigenvalue weighted by atomic mass is 19.2. The van der Waals surface area contributed by atoms with Crippen molar-refractivity contribution in [1.82, 2.24) is 0 Å². The van der Waals surface area contributed by atoms with Gasteiger partial charge >= 0.3 is 0 Å². The van der Waals surface area contributed by atoms with Crippen LogP contribution in [0.25, 0.3) is 0 Å². The molecule has 0 fully saturated rings. The average molecular weight is 200 g/mol. The Hall–Kier alpha value is -0.960. The largest absolute Gasteiger partial charge is 0.396 e. The van der Waals surface area contributed by atoms with Gasteiger partial charge in [-0.2, -0.15) is 0 Å². The van der Waals surface area contributed by atoms with Crippen molar-refractivity contribution in [3.8, 4) is 0 Å². The monoisotopic (exact) mass is 200 g/mol. The maximum atomic E-state index is 12.9. The predicted molar refractivity (Wildman–Crippen MR) is 51.0 cm³/mol. The van der Waals surface area contributed by atoms with Crippen LogP contribution in [-0.4, -0.2) is 11.7 Å². The van der Waals surface area contributed by atoms with Crippen LogP contribution in [-0.2, 0) is 0 Å². The van der Waals surface area contributed by atoms with Crippen LogP contribution in [0.3, 0.4) is 0 Å². The maximum Gasteiger partial charge on any atom is 0.159 e. The number of hydrogen-bond donors (Lipinski definition) is 1. The summed E-state index contributed by atoms with van der Waals surface area (Å²) in [6.07, 6.45) is 0. The van der Waals surface area contributed by atoms with Crippen molar-refractivity contribution in [2.24, 2.45) is 5.92 Å². The lowest BCUT2D eigenvalue weighted by Gasteiger charge is -2.18. The van der Waals surface area contributed by atoms with Crippen LogP contribution in [0.15, 0.2) is 18.2 Å². The van der Waals surface area contributed by atoms with Gasteiger partial charge in [0.25, 0.3) is 0 Å². The van der Waals surface area contributed by atoms with Crippen LogP contribution >= 0.6 is 0 Å². The molecule has 1 aromatic rings. The third-order valence-electron chi connectivity index (χ3n) is 2.37. The third kappa shape index (κ3) is 2.29. The Balaban J connectivity index is 3.00. The number of aliphatic hydroxyl groups excluding tert-OH is 1. The average Bonchev–Trinajstić information content (AvgIpc) is 2.11. The standard InChI is InChI=1S/C11H14F2O/c1-7(2)9(6-14)8-3-4-10(12)11(13)5-8/h3-5,7,9,14H,6H2,1-2H3. The topological polar surface area (TPSA) is 20.2 Å². The fraction of sp³-hybridized carbons (Fsp3) is 0.455. The van der Waals surface area contributed by atoms with E-state index < -0.39 is 11.6 Å². The summed E-state index contributed by atoms with van der Waals surface area (Å²) in [4.78, 5) is 0. The number of hydrogen-bond acceptors (Lipinski definition) is 1. The smallest absolute Gasteiger partial charge is 0.159 e. The summed E-state index contributed by atoms with van der Waals surface area (Å²) >= 11 is 0. The molecule has 1 nitrogen and oxygen atoms in total. The molecule has 0 aliphatic carbocycles. The van der Waals surface area contributed by atoms with E-state index in [1.807, 2.05) is 13.8 Å². The SMILES string of the molecule is CC(C)C(CO)c1ccc(F)c(F)c1. The molecule has 78 valence electrons. The summed E-state index contributed by atoms with van der Waals surface area (Å²) in [6, 6.07) is 3.76. The van der Waals surface area contributed by atoms with Crippen molar-refractivity contribution in [2.75, 3.05) is 6.61 Å². The second-order valence-corrected chi connectivity index (χ2v) is 3.71. The van der Waals surface area contributed by atoms with Gasteiger partial charge < -0.3 is 5.11 Å². The minimum absolute atomic E-state index is 0.0528. The van der Waals surface area contributed by atoms with Gasteiger partial charge in [-0.25, -0.2) is 8.78 Å². The van der Waals surface area contributed by atoms with E-state index in [0.717, 1.165) is 12.1 Å². The Labute approximate surface area is 82.4 Å². The van der Waals surface area contributed by atoms with Crippen LogP contribution in [0.5, 0.6) is 0 Å². The number of halogens is 2. The molecule has 0 aliphatic rings. The number of benzene rings is 1. The summed E-state index contributed by atoms with van der Waals surface area (Å²) in [5.41, 5.74) is 0.640. The van der Waals surface area contributed by atoms with E-state index in [4.69, 9.17) is 5.11 Å². The van der Waals surface area contributed by atoms with Crippen molar-refractivity contribution in [1.29, 1.82) is 0 Å². The van der Waals surface area contributed by atoms with Gasteiger partial charge in [0, 0.05) is 5.92 Å². The van der Waals surface area contributed by atoms with Crippen molar-refractivity contribution < 1.29 is 13.9 Å². The van der Waals surface area contributed by atoms with Crippen LogP contribution in [0, 0.1) is 17.6 Å². The Morgan fingerprint density at radius 3 is 2.29 bits per heavy atom. The first-order valence-electron chi connectivity index (χ1n) is 4.62. The normalized spacial score (nSPS) is 13.3. The van der Waals surface area contributed by atoms with Crippen molar-refractivity contribution in [2.45, 2.75) is 19.8 Å². The zero-order chi connectivity index (χ0) is 10.7. The molecule has 0 saturated heterocycles. The third-order valence-corrected chi connectivity index (χ3v) is 2.37. The van der Waals surface area contributed by atoms with Crippen LogP contribution in [0.4, 0.5) is 8.78 Å². The molecule has 1 rings (SSSR count). The highest BCUT2D eigenvalue weighted by Crippen LogP contribution is 2.24. The number of aliphatic hydroxyl groups is 1. The quantitative estimate of drug-likeness (QED) is 0.795. The maximum absolute atomic E-state index is 12.9. The second-order valence-electron chi connectivity index (χ2n) is 3.71. The Bertz CT molecular complexity index is 310. The van der Waals surface area contributed by atoms with Crippen LogP contribution in [0.2, 0.25) is 0 Å². The first kappa shape index (κ1) is 11.1. The lowest BCUT2D eigenvalue weighted by atomic mass is 9.89. The van der Waals surface area contributed by atoms with Crippen molar-refractivity contribution in [3.05, 3.63) is 35.4 Å². The molecule has 0 spiro atoms. The molecule has 0 amide bonds. The Morgan fingerprint density at radius 1 is 1.21 bits per heavy atom. The molecule has 0 radical (unpaired) electrons. The second kappa shape index (κ2) is 4.51. The van der Waals surface area contributed by atoms with Crippen LogP contribution in [0.1, 0.15) is 25.3 Å². The first-order chi connectivity index (χ1) is 6.56. The summed E-state index contributed by atoms with van der Waals surface area (Å²) in [6.45, 7) is 3.81. The molecule has 0 bridgehead atoms. The van der Waals surface area contributed by atoms with Crippen molar-refractivity contribution in [3.63, 3.8) is 0 Å². The van der Waals surface area contributed by atoms with Gasteiger partial charge in [-0.1, -0.05) is 19.9 Å². The molecule has 1 unspecified atom stereocenters. The van der Waals surface area contributed by atoms with Gasteiger partial charge in [0.1, 0.15) is 0 Å². The fourth-order valence-electron chi connectivity index (χ4n) is 1.44. The van der Waals surface area contributed by atoms with E-state index in [1.54, 1.807) is 0 Å². The summed E-state index contributed by atoms with van der Waals surface area (Å²) in [5.74, 6) is -1.65. The Kier molecular flexibility index (Phi) is 3.58. The lowest BCUT2D eigenvalue weighted by molar-refractivity contribution is 0.237. The molecule has 0 heterocycles. The molecule has 0 aliphatic heterocycles. The molecule has 0 aromatic heterocycles. The molecular formula is C11H14F2O. The van der Waals surface area contributed by atoms with E-state index in [0.29, 0.717) is 5.56 Å². The number of rotatable bonds is 3. The molecule has 3 heteroatoms. The predicted octanol–water partition coefficient (Wildman–Crippen LogP) is 2.70. The van der Waals surface area contributed by atoms with E-state index in [2.05, 4.69) is 0 Å². The lowest BCUT2D eigenvalue weighted by Crippen LogP contribution is -2.11. The molecule has 1 aromatic carbocycles. The highest BCUT2D eigenvalue weighted by molar-refractivity contribution is 5.22.